The molecular formula is C19H23N7O. The van der Waals surface area contributed by atoms with Crippen LogP contribution < -0.4 is 0 Å². The highest BCUT2D eigenvalue weighted by Gasteiger charge is 2.26. The summed E-state index contributed by atoms with van der Waals surface area (Å²) in [5.74, 6) is 1.65. The van der Waals surface area contributed by atoms with E-state index in [0.717, 1.165) is 44.0 Å². The average molecular weight is 365 g/mol. The Bertz CT molecular complexity index is 851. The molecule has 0 N–H and O–H groups in total. The lowest BCUT2D eigenvalue weighted by Crippen LogP contribution is -2.38. The lowest BCUT2D eigenvalue weighted by atomic mass is 9.95. The summed E-state index contributed by atoms with van der Waals surface area (Å²) in [6.45, 7) is 2.86. The largest absolute Gasteiger partial charge is 0.343 e. The van der Waals surface area contributed by atoms with Gasteiger partial charge in [-0.3, -0.25) is 14.5 Å². The van der Waals surface area contributed by atoms with E-state index in [1.807, 2.05) is 41.7 Å². The summed E-state index contributed by atoms with van der Waals surface area (Å²) in [7, 11) is 0. The molecule has 0 bridgehead atoms. The Kier molecular flexibility index (Phi) is 5.22. The van der Waals surface area contributed by atoms with Gasteiger partial charge in [0.25, 0.3) is 0 Å². The molecule has 8 nitrogen and oxygen atoms in total. The number of aryl methyl sites for hydroxylation is 1. The van der Waals surface area contributed by atoms with Crippen LogP contribution in [0.2, 0.25) is 0 Å². The fourth-order valence-corrected chi connectivity index (χ4v) is 3.58. The maximum atomic E-state index is 12.4. The van der Waals surface area contributed by atoms with Crippen molar-refractivity contribution in [2.45, 2.75) is 38.3 Å². The van der Waals surface area contributed by atoms with E-state index >= 15 is 0 Å². The molecule has 4 rings (SSSR count). The van der Waals surface area contributed by atoms with Gasteiger partial charge in [0.1, 0.15) is 18.5 Å². The molecule has 4 heterocycles. The number of aromatic nitrogens is 6. The first-order valence-corrected chi connectivity index (χ1v) is 9.31. The Morgan fingerprint density at radius 1 is 1.15 bits per heavy atom. The molecule has 0 radical (unpaired) electrons. The molecule has 140 valence electrons. The maximum absolute atomic E-state index is 12.4. The van der Waals surface area contributed by atoms with E-state index in [1.165, 1.54) is 6.33 Å². The summed E-state index contributed by atoms with van der Waals surface area (Å²) in [4.78, 5) is 27.3. The first-order valence-electron chi connectivity index (χ1n) is 9.31. The van der Waals surface area contributed by atoms with Crippen LogP contribution >= 0.6 is 0 Å². The number of hydrogen-bond acceptors (Lipinski definition) is 5. The Morgan fingerprint density at radius 2 is 2.04 bits per heavy atom. The van der Waals surface area contributed by atoms with Crippen molar-refractivity contribution in [2.24, 2.45) is 0 Å². The molecule has 1 amide bonds. The minimum atomic E-state index is 0.181. The second-order valence-corrected chi connectivity index (χ2v) is 6.80. The summed E-state index contributed by atoms with van der Waals surface area (Å²) in [6.07, 6.45) is 11.2. The minimum absolute atomic E-state index is 0.181. The van der Waals surface area contributed by atoms with Crippen molar-refractivity contribution in [1.29, 1.82) is 0 Å². The highest BCUT2D eigenvalue weighted by Crippen LogP contribution is 2.27. The molecule has 1 aliphatic rings. The molecule has 1 saturated heterocycles. The fraction of sp³-hybridized carbons (Fsp3) is 0.421. The van der Waals surface area contributed by atoms with Crippen LogP contribution in [0.3, 0.4) is 0 Å². The second-order valence-electron chi connectivity index (χ2n) is 6.80. The third-order valence-electron chi connectivity index (χ3n) is 5.04. The van der Waals surface area contributed by atoms with Crippen LogP contribution in [-0.2, 0) is 17.9 Å². The summed E-state index contributed by atoms with van der Waals surface area (Å²) in [5.41, 5.74) is 1.03. The normalized spacial score (nSPS) is 15.2. The summed E-state index contributed by atoms with van der Waals surface area (Å²) < 4.78 is 3.87. The zero-order valence-electron chi connectivity index (χ0n) is 15.2. The Balaban J connectivity index is 1.32. The molecule has 0 spiro atoms. The monoisotopic (exact) mass is 365 g/mol. The molecule has 1 fully saturated rings. The third kappa shape index (κ3) is 4.21. The molecule has 0 atom stereocenters. The van der Waals surface area contributed by atoms with Crippen molar-refractivity contribution in [2.75, 3.05) is 13.1 Å². The SMILES string of the molecule is O=C(CCn1cncn1)N1CCC(c2nccn2Cc2ccccn2)CC1. The molecule has 0 saturated carbocycles. The van der Waals surface area contributed by atoms with Crippen molar-refractivity contribution in [3.63, 3.8) is 0 Å². The van der Waals surface area contributed by atoms with Crippen LogP contribution in [0.1, 0.15) is 36.7 Å². The molecule has 0 aromatic carbocycles. The molecule has 3 aromatic heterocycles. The zero-order valence-corrected chi connectivity index (χ0v) is 15.2. The van der Waals surface area contributed by atoms with Crippen molar-refractivity contribution >= 4 is 5.91 Å². The first kappa shape index (κ1) is 17.4. The summed E-state index contributed by atoms with van der Waals surface area (Å²) in [5, 5.41) is 4.04. The molecule has 27 heavy (non-hydrogen) atoms. The Labute approximate surface area is 157 Å². The lowest BCUT2D eigenvalue weighted by molar-refractivity contribution is -0.132. The summed E-state index contributed by atoms with van der Waals surface area (Å²) in [6, 6.07) is 5.95. The maximum Gasteiger partial charge on any atom is 0.224 e. The van der Waals surface area contributed by atoms with Crippen molar-refractivity contribution in [3.05, 3.63) is 61.0 Å². The van der Waals surface area contributed by atoms with E-state index < -0.39 is 0 Å². The number of nitrogens with zero attached hydrogens (tertiary/aromatic N) is 7. The number of piperidine rings is 1. The van der Waals surface area contributed by atoms with Gasteiger partial charge in [0, 0.05) is 44.0 Å². The topological polar surface area (TPSA) is 81.7 Å². The fourth-order valence-electron chi connectivity index (χ4n) is 3.58. The highest BCUT2D eigenvalue weighted by molar-refractivity contribution is 5.76. The molecule has 0 aliphatic carbocycles. The van der Waals surface area contributed by atoms with Crippen LogP contribution in [0, 0.1) is 0 Å². The number of imidazole rings is 1. The smallest absolute Gasteiger partial charge is 0.224 e. The van der Waals surface area contributed by atoms with Crippen molar-refractivity contribution < 1.29 is 4.79 Å². The predicted molar refractivity (Wildman–Crippen MR) is 98.8 cm³/mol. The van der Waals surface area contributed by atoms with E-state index in [4.69, 9.17) is 0 Å². The van der Waals surface area contributed by atoms with E-state index in [1.54, 1.807) is 11.0 Å². The number of amides is 1. The van der Waals surface area contributed by atoms with Gasteiger partial charge in [-0.25, -0.2) is 9.97 Å². The van der Waals surface area contributed by atoms with Crippen LogP contribution in [0.4, 0.5) is 0 Å². The number of hydrogen-bond donors (Lipinski definition) is 0. The van der Waals surface area contributed by atoms with Gasteiger partial charge >= 0.3 is 0 Å². The number of carbonyl (C=O) groups excluding carboxylic acids is 1. The van der Waals surface area contributed by atoms with E-state index in [-0.39, 0.29) is 5.91 Å². The van der Waals surface area contributed by atoms with Crippen molar-refractivity contribution in [1.82, 2.24) is 34.2 Å². The number of pyridine rings is 1. The zero-order chi connectivity index (χ0) is 18.5. The molecular weight excluding hydrogens is 342 g/mol. The first-order chi connectivity index (χ1) is 13.3. The standard InChI is InChI=1S/C19H23N7O/c27-18(6-11-26-15-20-14-23-26)24-9-4-16(5-10-24)19-22-8-12-25(19)13-17-3-1-2-7-21-17/h1-3,7-8,12,14-16H,4-6,9-11,13H2. The van der Waals surface area contributed by atoms with Crippen LogP contribution in [-0.4, -0.2) is 53.2 Å². The number of likely N-dealkylation sites (tertiary alicyclic amines) is 1. The van der Waals surface area contributed by atoms with Gasteiger partial charge in [-0.1, -0.05) is 6.07 Å². The van der Waals surface area contributed by atoms with Gasteiger partial charge in [-0.05, 0) is 25.0 Å². The number of carbonyl (C=O) groups is 1. The lowest BCUT2D eigenvalue weighted by Gasteiger charge is -2.32. The Hall–Kier alpha value is -3.03. The van der Waals surface area contributed by atoms with Gasteiger partial charge in [0.05, 0.1) is 18.8 Å². The third-order valence-corrected chi connectivity index (χ3v) is 5.04. The van der Waals surface area contributed by atoms with Gasteiger partial charge < -0.3 is 9.47 Å². The summed E-state index contributed by atoms with van der Waals surface area (Å²) >= 11 is 0. The Morgan fingerprint density at radius 3 is 2.78 bits per heavy atom. The molecule has 8 heteroatoms. The van der Waals surface area contributed by atoms with E-state index in [2.05, 4.69) is 24.6 Å². The van der Waals surface area contributed by atoms with E-state index in [0.29, 0.717) is 18.9 Å². The average Bonchev–Trinajstić information content (AvgIpc) is 3.39. The second kappa shape index (κ2) is 8.11. The molecule has 1 aliphatic heterocycles. The van der Waals surface area contributed by atoms with Crippen LogP contribution in [0.15, 0.2) is 49.4 Å². The van der Waals surface area contributed by atoms with Crippen LogP contribution in [0.5, 0.6) is 0 Å². The molecule has 0 unspecified atom stereocenters. The van der Waals surface area contributed by atoms with Gasteiger partial charge in [0.15, 0.2) is 0 Å². The number of rotatable bonds is 6. The van der Waals surface area contributed by atoms with Gasteiger partial charge in [-0.2, -0.15) is 5.10 Å². The molecule has 3 aromatic rings. The minimum Gasteiger partial charge on any atom is -0.343 e. The predicted octanol–water partition coefficient (Wildman–Crippen LogP) is 1.71. The van der Waals surface area contributed by atoms with Crippen molar-refractivity contribution in [3.8, 4) is 0 Å². The quantitative estimate of drug-likeness (QED) is 0.664. The van der Waals surface area contributed by atoms with E-state index in [9.17, 15) is 4.79 Å². The van der Waals surface area contributed by atoms with Gasteiger partial charge in [0.2, 0.25) is 5.91 Å². The van der Waals surface area contributed by atoms with Crippen LogP contribution in [0.25, 0.3) is 0 Å². The highest BCUT2D eigenvalue weighted by atomic mass is 16.2. The van der Waals surface area contributed by atoms with Gasteiger partial charge in [-0.15, -0.1) is 0 Å².